The third kappa shape index (κ3) is 3.72. The fraction of sp³-hybridized carbons (Fsp3) is 0.438. The van der Waals surface area contributed by atoms with E-state index in [-0.39, 0.29) is 18.9 Å². The third-order valence-electron chi connectivity index (χ3n) is 3.94. The summed E-state index contributed by atoms with van der Waals surface area (Å²) in [5.74, 6) is -1.50. The molecule has 0 amide bonds. The molecule has 0 aliphatic heterocycles. The molecule has 0 spiro atoms. The molecule has 1 saturated carbocycles. The van der Waals surface area contributed by atoms with Crippen LogP contribution in [0.2, 0.25) is 0 Å². The molecule has 0 atom stereocenters. The van der Waals surface area contributed by atoms with Crippen LogP contribution in [0.5, 0.6) is 0 Å². The molecule has 2 heterocycles. The van der Waals surface area contributed by atoms with E-state index in [4.69, 9.17) is 0 Å². The van der Waals surface area contributed by atoms with E-state index < -0.39 is 5.92 Å². The van der Waals surface area contributed by atoms with Gasteiger partial charge in [0.1, 0.15) is 5.82 Å². The zero-order valence-corrected chi connectivity index (χ0v) is 13.0. The number of hydrogen-bond acceptors (Lipinski definition) is 4. The van der Waals surface area contributed by atoms with E-state index in [1.165, 1.54) is 0 Å². The highest BCUT2D eigenvalue weighted by Gasteiger charge is 2.34. The van der Waals surface area contributed by atoms with Crippen LogP contribution in [0.15, 0.2) is 24.9 Å². The Bertz CT molecular complexity index is 700. The number of aryl methyl sites for hydroxylation is 1. The van der Waals surface area contributed by atoms with Gasteiger partial charge >= 0.3 is 0 Å². The Balaban J connectivity index is 1.80. The first kappa shape index (κ1) is 15.6. The van der Waals surface area contributed by atoms with Gasteiger partial charge in [-0.05, 0) is 31.9 Å². The Morgan fingerprint density at radius 3 is 2.70 bits per heavy atom. The number of anilines is 1. The normalized spacial score (nSPS) is 17.9. The summed E-state index contributed by atoms with van der Waals surface area (Å²) in [6.07, 6.45) is 4.09. The van der Waals surface area contributed by atoms with Crippen LogP contribution in [-0.2, 0) is 0 Å². The highest BCUT2D eigenvalue weighted by Crippen LogP contribution is 2.34. The summed E-state index contributed by atoms with van der Waals surface area (Å²) in [4.78, 5) is 8.80. The van der Waals surface area contributed by atoms with Crippen LogP contribution in [-0.4, -0.2) is 31.7 Å². The smallest absolute Gasteiger partial charge is 0.253 e. The maximum absolute atomic E-state index is 13.2. The van der Waals surface area contributed by atoms with Gasteiger partial charge in [0.05, 0.1) is 11.4 Å². The molecular weight excluding hydrogens is 300 g/mol. The molecule has 0 radical (unpaired) electrons. The van der Waals surface area contributed by atoms with Crippen LogP contribution in [0.25, 0.3) is 12.0 Å². The monoisotopic (exact) mass is 319 g/mol. The number of hydrogen-bond donors (Lipinski definition) is 1. The number of halogens is 2. The van der Waals surface area contributed by atoms with E-state index in [2.05, 4.69) is 27.0 Å². The minimum absolute atomic E-state index is 0.00519. The number of nitrogens with zero attached hydrogens (tertiary/aromatic N) is 4. The quantitative estimate of drug-likeness (QED) is 0.935. The minimum atomic E-state index is -2.53. The van der Waals surface area contributed by atoms with Crippen molar-refractivity contribution in [3.8, 4) is 5.95 Å². The van der Waals surface area contributed by atoms with Gasteiger partial charge in [-0.2, -0.15) is 10.1 Å². The van der Waals surface area contributed by atoms with Gasteiger partial charge in [-0.25, -0.2) is 18.4 Å². The number of nitrogens with one attached hydrogen (secondary N) is 1. The highest BCUT2D eigenvalue weighted by molar-refractivity contribution is 5.50. The Morgan fingerprint density at radius 2 is 2.09 bits per heavy atom. The molecular formula is C16H19F2N5. The average molecular weight is 319 g/mol. The van der Waals surface area contributed by atoms with Crippen molar-refractivity contribution in [1.82, 2.24) is 19.7 Å². The van der Waals surface area contributed by atoms with Gasteiger partial charge in [0, 0.05) is 31.1 Å². The molecule has 1 aliphatic carbocycles. The fourth-order valence-corrected chi connectivity index (χ4v) is 2.65. The van der Waals surface area contributed by atoms with E-state index in [9.17, 15) is 8.78 Å². The third-order valence-corrected chi connectivity index (χ3v) is 3.94. The zero-order chi connectivity index (χ0) is 16.4. The van der Waals surface area contributed by atoms with E-state index in [0.717, 1.165) is 5.69 Å². The van der Waals surface area contributed by atoms with Crippen LogP contribution in [0.3, 0.4) is 0 Å². The molecule has 0 bridgehead atoms. The van der Waals surface area contributed by atoms with Gasteiger partial charge in [-0.1, -0.05) is 6.58 Å². The first-order valence-corrected chi connectivity index (χ1v) is 7.64. The first-order valence-electron chi connectivity index (χ1n) is 7.64. The zero-order valence-electron chi connectivity index (χ0n) is 13.0. The molecule has 3 rings (SSSR count). The lowest BCUT2D eigenvalue weighted by Crippen LogP contribution is -2.32. The van der Waals surface area contributed by atoms with E-state index >= 15 is 0 Å². The molecule has 122 valence electrons. The topological polar surface area (TPSA) is 55.6 Å². The minimum Gasteiger partial charge on any atom is -0.367 e. The Labute approximate surface area is 133 Å². The summed E-state index contributed by atoms with van der Waals surface area (Å²) < 4.78 is 28.1. The predicted octanol–water partition coefficient (Wildman–Crippen LogP) is 3.60. The van der Waals surface area contributed by atoms with Crippen LogP contribution in [0.4, 0.5) is 14.6 Å². The molecule has 5 nitrogen and oxygen atoms in total. The number of rotatable bonds is 4. The van der Waals surface area contributed by atoms with E-state index in [0.29, 0.717) is 30.3 Å². The second kappa shape index (κ2) is 6.06. The summed E-state index contributed by atoms with van der Waals surface area (Å²) in [6, 6.07) is 3.62. The van der Waals surface area contributed by atoms with Gasteiger partial charge in [0.15, 0.2) is 0 Å². The van der Waals surface area contributed by atoms with Crippen molar-refractivity contribution in [1.29, 1.82) is 0 Å². The maximum atomic E-state index is 13.2. The van der Waals surface area contributed by atoms with Crippen LogP contribution in [0.1, 0.15) is 37.1 Å². The second-order valence-corrected chi connectivity index (χ2v) is 5.86. The van der Waals surface area contributed by atoms with Gasteiger partial charge < -0.3 is 5.32 Å². The standard InChI is InChI=1S/C16H19F2N5/c1-3-12-10-14(19-13-4-7-16(17,18)8-5-13)21-15(20-12)23-9-6-11(2)22-23/h3,6,9-10,13H,1,4-5,7-8H2,2H3,(H,19,20,21). The van der Waals surface area contributed by atoms with Gasteiger partial charge in [-0.3, -0.25) is 0 Å². The van der Waals surface area contributed by atoms with Crippen LogP contribution < -0.4 is 5.32 Å². The summed E-state index contributed by atoms with van der Waals surface area (Å²) >= 11 is 0. The Kier molecular flexibility index (Phi) is 4.11. The molecule has 2 aromatic rings. The fourth-order valence-electron chi connectivity index (χ4n) is 2.65. The summed E-state index contributed by atoms with van der Waals surface area (Å²) in [6.45, 7) is 5.62. The molecule has 0 unspecified atom stereocenters. The lowest BCUT2D eigenvalue weighted by atomic mass is 9.92. The first-order chi connectivity index (χ1) is 10.9. The summed E-state index contributed by atoms with van der Waals surface area (Å²) in [7, 11) is 0. The Morgan fingerprint density at radius 1 is 1.35 bits per heavy atom. The average Bonchev–Trinajstić information content (AvgIpc) is 2.96. The molecule has 1 fully saturated rings. The molecule has 23 heavy (non-hydrogen) atoms. The predicted molar refractivity (Wildman–Crippen MR) is 84.8 cm³/mol. The lowest BCUT2D eigenvalue weighted by molar-refractivity contribution is -0.0361. The summed E-state index contributed by atoms with van der Waals surface area (Å²) in [5, 5.41) is 7.53. The maximum Gasteiger partial charge on any atom is 0.253 e. The van der Waals surface area contributed by atoms with Crippen molar-refractivity contribution in [3.63, 3.8) is 0 Å². The molecule has 7 heteroatoms. The van der Waals surface area contributed by atoms with Crippen molar-refractivity contribution in [3.05, 3.63) is 36.3 Å². The van der Waals surface area contributed by atoms with E-state index in [1.54, 1.807) is 23.0 Å². The van der Waals surface area contributed by atoms with Crippen molar-refractivity contribution in [2.45, 2.75) is 44.6 Å². The van der Waals surface area contributed by atoms with Gasteiger partial charge in [0.25, 0.3) is 5.95 Å². The Hall–Kier alpha value is -2.31. The van der Waals surface area contributed by atoms with Crippen LogP contribution >= 0.6 is 0 Å². The van der Waals surface area contributed by atoms with Crippen molar-refractivity contribution < 1.29 is 8.78 Å². The van der Waals surface area contributed by atoms with Crippen molar-refractivity contribution >= 4 is 11.9 Å². The SMILES string of the molecule is C=Cc1cc(NC2CCC(F)(F)CC2)nc(-n2ccc(C)n2)n1. The largest absolute Gasteiger partial charge is 0.367 e. The molecule has 0 aromatic carbocycles. The molecule has 1 aliphatic rings. The van der Waals surface area contributed by atoms with Crippen molar-refractivity contribution in [2.24, 2.45) is 0 Å². The van der Waals surface area contributed by atoms with Gasteiger partial charge in [-0.15, -0.1) is 0 Å². The molecule has 0 saturated heterocycles. The second-order valence-electron chi connectivity index (χ2n) is 5.86. The summed E-state index contributed by atoms with van der Waals surface area (Å²) in [5.41, 5.74) is 1.52. The van der Waals surface area contributed by atoms with Crippen molar-refractivity contribution in [2.75, 3.05) is 5.32 Å². The number of alkyl halides is 2. The van der Waals surface area contributed by atoms with Gasteiger partial charge in [0.2, 0.25) is 5.92 Å². The van der Waals surface area contributed by atoms with Crippen LogP contribution in [0, 0.1) is 6.92 Å². The molecule has 1 N–H and O–H groups in total. The van der Waals surface area contributed by atoms with E-state index in [1.807, 2.05) is 13.0 Å². The molecule has 2 aromatic heterocycles. The lowest BCUT2D eigenvalue weighted by Gasteiger charge is -2.29. The number of aromatic nitrogens is 4. The highest BCUT2D eigenvalue weighted by atomic mass is 19.3.